The van der Waals surface area contributed by atoms with E-state index in [4.69, 9.17) is 10.7 Å². The number of hydrogen-bond donors (Lipinski definition) is 4. The standard InChI is InChI=1S/C21H24N8O/c1-29-11-13-15(7-4-8-16(13)28-29)25-20-19-12(10-23-27-21(19)30)9-18(26-20)24-17-6-3-2-5-14(17)22/h4,7-11,14,17H,2-3,5-6,22H2,1H3,(H,27,30)(H2,24,25,26)/t14-,17+/m0/s1. The second kappa shape index (κ2) is 7.42. The van der Waals surface area contributed by atoms with Crippen molar-refractivity contribution in [2.24, 2.45) is 12.8 Å². The van der Waals surface area contributed by atoms with Crippen molar-refractivity contribution < 1.29 is 0 Å². The van der Waals surface area contributed by atoms with Gasteiger partial charge in [-0.25, -0.2) is 10.1 Å². The minimum atomic E-state index is -0.290. The molecule has 154 valence electrons. The van der Waals surface area contributed by atoms with Gasteiger partial charge in [0.15, 0.2) is 0 Å². The minimum Gasteiger partial charge on any atom is -0.366 e. The highest BCUT2D eigenvalue weighted by Gasteiger charge is 2.22. The number of fused-ring (bicyclic) bond motifs is 2. The van der Waals surface area contributed by atoms with E-state index < -0.39 is 0 Å². The molecule has 0 amide bonds. The van der Waals surface area contributed by atoms with Crippen LogP contribution in [-0.4, -0.2) is 37.0 Å². The molecule has 0 bridgehead atoms. The van der Waals surface area contributed by atoms with Gasteiger partial charge in [-0.3, -0.25) is 9.48 Å². The van der Waals surface area contributed by atoms with Crippen LogP contribution in [0.25, 0.3) is 21.7 Å². The van der Waals surface area contributed by atoms with Crippen molar-refractivity contribution >= 4 is 39.0 Å². The van der Waals surface area contributed by atoms with Gasteiger partial charge in [-0.05, 0) is 31.0 Å². The first kappa shape index (κ1) is 18.6. The summed E-state index contributed by atoms with van der Waals surface area (Å²) in [5.74, 6) is 1.15. The molecule has 0 aliphatic heterocycles. The first-order valence-corrected chi connectivity index (χ1v) is 10.2. The van der Waals surface area contributed by atoms with Gasteiger partial charge in [-0.2, -0.15) is 10.2 Å². The first-order valence-electron chi connectivity index (χ1n) is 10.2. The number of nitrogens with two attached hydrogens (primary N) is 1. The van der Waals surface area contributed by atoms with E-state index in [1.165, 1.54) is 0 Å². The summed E-state index contributed by atoms with van der Waals surface area (Å²) < 4.78 is 1.76. The zero-order chi connectivity index (χ0) is 20.7. The average Bonchev–Trinajstić information content (AvgIpc) is 3.11. The highest BCUT2D eigenvalue weighted by molar-refractivity contribution is 5.98. The van der Waals surface area contributed by atoms with Crippen molar-refractivity contribution in [1.82, 2.24) is 25.0 Å². The lowest BCUT2D eigenvalue weighted by Gasteiger charge is -2.30. The molecule has 1 aliphatic rings. The number of nitrogens with zero attached hydrogens (tertiary/aromatic N) is 4. The maximum absolute atomic E-state index is 12.6. The van der Waals surface area contributed by atoms with Gasteiger partial charge in [0.25, 0.3) is 5.56 Å². The van der Waals surface area contributed by atoms with E-state index in [9.17, 15) is 4.79 Å². The molecule has 0 unspecified atom stereocenters. The Balaban J connectivity index is 1.59. The van der Waals surface area contributed by atoms with Crippen LogP contribution < -0.4 is 21.9 Å². The van der Waals surface area contributed by atoms with Crippen molar-refractivity contribution in [3.63, 3.8) is 0 Å². The Bertz CT molecular complexity index is 1280. The molecule has 3 aromatic heterocycles. The predicted octanol–water partition coefficient (Wildman–Crippen LogP) is 2.63. The van der Waals surface area contributed by atoms with E-state index in [2.05, 4.69) is 25.9 Å². The van der Waals surface area contributed by atoms with Crippen LogP contribution in [0, 0.1) is 0 Å². The van der Waals surface area contributed by atoms with E-state index in [0.717, 1.165) is 42.3 Å². The molecular weight excluding hydrogens is 380 g/mol. The fraction of sp³-hybridized carbons (Fsp3) is 0.333. The van der Waals surface area contributed by atoms with Gasteiger partial charge in [0.2, 0.25) is 0 Å². The van der Waals surface area contributed by atoms with E-state index in [1.807, 2.05) is 37.5 Å². The monoisotopic (exact) mass is 404 g/mol. The van der Waals surface area contributed by atoms with Gasteiger partial charge in [-0.1, -0.05) is 18.9 Å². The molecule has 30 heavy (non-hydrogen) atoms. The van der Waals surface area contributed by atoms with Crippen molar-refractivity contribution in [1.29, 1.82) is 0 Å². The molecule has 5 rings (SSSR count). The first-order chi connectivity index (χ1) is 14.6. The Kier molecular flexibility index (Phi) is 4.59. The number of anilines is 3. The van der Waals surface area contributed by atoms with Crippen molar-refractivity contribution in [3.8, 4) is 0 Å². The van der Waals surface area contributed by atoms with E-state index in [-0.39, 0.29) is 17.6 Å². The number of aryl methyl sites for hydroxylation is 1. The van der Waals surface area contributed by atoms with Gasteiger partial charge < -0.3 is 16.4 Å². The van der Waals surface area contributed by atoms with Crippen LogP contribution >= 0.6 is 0 Å². The normalized spacial score (nSPS) is 19.3. The summed E-state index contributed by atoms with van der Waals surface area (Å²) in [5.41, 5.74) is 7.71. The van der Waals surface area contributed by atoms with Crippen LogP contribution in [0.2, 0.25) is 0 Å². The predicted molar refractivity (Wildman–Crippen MR) is 118 cm³/mol. The zero-order valence-electron chi connectivity index (χ0n) is 16.7. The number of benzene rings is 1. The summed E-state index contributed by atoms with van der Waals surface area (Å²) in [7, 11) is 1.88. The Morgan fingerprint density at radius 3 is 3.00 bits per heavy atom. The molecule has 0 spiro atoms. The van der Waals surface area contributed by atoms with Gasteiger partial charge in [0.05, 0.1) is 22.8 Å². The summed E-state index contributed by atoms with van der Waals surface area (Å²) >= 11 is 0. The van der Waals surface area contributed by atoms with E-state index in [0.29, 0.717) is 22.4 Å². The molecular formula is C21H24N8O. The van der Waals surface area contributed by atoms with E-state index >= 15 is 0 Å². The second-order valence-electron chi connectivity index (χ2n) is 7.88. The molecule has 1 aromatic carbocycles. The van der Waals surface area contributed by atoms with Crippen LogP contribution in [0.1, 0.15) is 25.7 Å². The number of pyridine rings is 1. The summed E-state index contributed by atoms with van der Waals surface area (Å²) in [6.45, 7) is 0. The van der Waals surface area contributed by atoms with Crippen LogP contribution in [0.3, 0.4) is 0 Å². The zero-order valence-corrected chi connectivity index (χ0v) is 16.7. The molecule has 0 saturated heterocycles. The number of H-pyrrole nitrogens is 1. The highest BCUT2D eigenvalue weighted by Crippen LogP contribution is 2.30. The van der Waals surface area contributed by atoms with Crippen LogP contribution in [-0.2, 0) is 7.05 Å². The molecule has 1 saturated carbocycles. The van der Waals surface area contributed by atoms with Gasteiger partial charge in [-0.15, -0.1) is 0 Å². The highest BCUT2D eigenvalue weighted by atomic mass is 16.1. The molecule has 2 atom stereocenters. The lowest BCUT2D eigenvalue weighted by Crippen LogP contribution is -2.42. The topological polar surface area (TPSA) is 127 Å². The largest absolute Gasteiger partial charge is 0.366 e. The number of aromatic nitrogens is 5. The molecule has 4 aromatic rings. The number of hydrogen-bond acceptors (Lipinski definition) is 7. The maximum Gasteiger partial charge on any atom is 0.275 e. The van der Waals surface area contributed by atoms with Crippen LogP contribution in [0.4, 0.5) is 17.3 Å². The Morgan fingerprint density at radius 1 is 1.27 bits per heavy atom. The fourth-order valence-electron chi connectivity index (χ4n) is 4.21. The summed E-state index contributed by atoms with van der Waals surface area (Å²) in [5, 5.41) is 19.9. The summed E-state index contributed by atoms with van der Waals surface area (Å²) in [4.78, 5) is 17.3. The van der Waals surface area contributed by atoms with Crippen LogP contribution in [0.15, 0.2) is 41.5 Å². The van der Waals surface area contributed by atoms with Crippen molar-refractivity contribution in [3.05, 3.63) is 47.0 Å². The number of rotatable bonds is 4. The number of aromatic amines is 1. The van der Waals surface area contributed by atoms with Crippen molar-refractivity contribution in [2.75, 3.05) is 10.6 Å². The third-order valence-corrected chi connectivity index (χ3v) is 5.72. The van der Waals surface area contributed by atoms with Crippen molar-refractivity contribution in [2.45, 2.75) is 37.8 Å². The van der Waals surface area contributed by atoms with Gasteiger partial charge in [0, 0.05) is 36.1 Å². The molecule has 0 radical (unpaired) electrons. The minimum absolute atomic E-state index is 0.0918. The lowest BCUT2D eigenvalue weighted by molar-refractivity contribution is 0.403. The van der Waals surface area contributed by atoms with Gasteiger partial charge >= 0.3 is 0 Å². The second-order valence-corrected chi connectivity index (χ2v) is 7.88. The molecule has 3 heterocycles. The van der Waals surface area contributed by atoms with E-state index in [1.54, 1.807) is 10.9 Å². The quantitative estimate of drug-likeness (QED) is 0.412. The molecule has 1 aliphatic carbocycles. The molecule has 9 nitrogen and oxygen atoms in total. The SMILES string of the molecule is Cn1cc2c(Nc3nc(N[C@@H]4CCCC[C@@H]4N)cc4cn[nH]c(=O)c34)cccc2n1. The molecule has 5 N–H and O–H groups in total. The maximum atomic E-state index is 12.6. The molecule has 9 heteroatoms. The lowest BCUT2D eigenvalue weighted by atomic mass is 9.91. The smallest absolute Gasteiger partial charge is 0.275 e. The fourth-order valence-corrected chi connectivity index (χ4v) is 4.21. The summed E-state index contributed by atoms with van der Waals surface area (Å²) in [6, 6.07) is 7.93. The average molecular weight is 404 g/mol. The third-order valence-electron chi connectivity index (χ3n) is 5.72. The Labute approximate surface area is 172 Å². The van der Waals surface area contributed by atoms with Gasteiger partial charge in [0.1, 0.15) is 11.6 Å². The Morgan fingerprint density at radius 2 is 2.13 bits per heavy atom. The number of nitrogens with one attached hydrogen (secondary N) is 3. The molecule has 1 fully saturated rings. The third kappa shape index (κ3) is 3.37. The van der Waals surface area contributed by atoms with Crippen LogP contribution in [0.5, 0.6) is 0 Å². The summed E-state index contributed by atoms with van der Waals surface area (Å²) in [6.07, 6.45) is 7.89. The Hall–Kier alpha value is -3.46.